The highest BCUT2D eigenvalue weighted by Gasteiger charge is 2.27. The Balaban J connectivity index is 1.69. The van der Waals surface area contributed by atoms with E-state index in [9.17, 15) is 13.2 Å². The fourth-order valence-electron chi connectivity index (χ4n) is 3.58. The van der Waals surface area contributed by atoms with Crippen molar-refractivity contribution in [1.29, 1.82) is 0 Å². The lowest BCUT2D eigenvalue weighted by atomic mass is 10.0. The van der Waals surface area contributed by atoms with Gasteiger partial charge in [-0.05, 0) is 29.8 Å². The van der Waals surface area contributed by atoms with Gasteiger partial charge in [0, 0.05) is 25.7 Å². The van der Waals surface area contributed by atoms with E-state index in [1.807, 2.05) is 6.07 Å². The van der Waals surface area contributed by atoms with Crippen LogP contribution in [0.25, 0.3) is 11.0 Å². The van der Waals surface area contributed by atoms with E-state index in [-0.39, 0.29) is 18.4 Å². The van der Waals surface area contributed by atoms with E-state index in [2.05, 4.69) is 15.2 Å². The second kappa shape index (κ2) is 7.09. The lowest BCUT2D eigenvalue weighted by molar-refractivity contribution is 0.0647. The van der Waals surface area contributed by atoms with Gasteiger partial charge >= 0.3 is 6.55 Å². The third-order valence-electron chi connectivity index (χ3n) is 4.80. The number of fused-ring (bicyclic) bond motifs is 1. The number of piperazine rings is 1. The molecule has 2 aromatic carbocycles. The van der Waals surface area contributed by atoms with Crippen molar-refractivity contribution in [2.45, 2.75) is 19.1 Å². The maximum absolute atomic E-state index is 13.7. The molecule has 1 N–H and O–H groups in total. The molecule has 4 rings (SSSR count). The van der Waals surface area contributed by atoms with Crippen LogP contribution in [0.1, 0.15) is 24.0 Å². The van der Waals surface area contributed by atoms with E-state index in [0.717, 1.165) is 16.7 Å². The average Bonchev–Trinajstić information content (AvgIpc) is 3.00. The molecule has 7 heteroatoms. The first-order valence-corrected chi connectivity index (χ1v) is 8.57. The smallest absolute Gasteiger partial charge is 0.314 e. The molecule has 4 nitrogen and oxygen atoms in total. The van der Waals surface area contributed by atoms with Gasteiger partial charge < -0.3 is 5.32 Å². The normalized spacial score (nSPS) is 18.7. The molecule has 1 atom stereocenters. The number of aromatic nitrogens is 2. The summed E-state index contributed by atoms with van der Waals surface area (Å²) in [6.45, 7) is -0.317. The number of hydrogen-bond donors (Lipinski definition) is 1. The summed E-state index contributed by atoms with van der Waals surface area (Å²) >= 11 is 0. The zero-order valence-corrected chi connectivity index (χ0v) is 14.1. The standard InChI is InChI=1S/C19H19F3N4/c20-14-5-3-4-13(10-14)17-11-23-8-9-25(17)12-18-24-15-6-1-2-7-16(15)26(18)19(21)22/h1-7,10,17,19,23H,8-9,11-12H2. The Kier molecular flexibility index (Phi) is 4.65. The first-order chi connectivity index (χ1) is 12.6. The van der Waals surface area contributed by atoms with Crippen molar-refractivity contribution in [3.8, 4) is 0 Å². The molecule has 1 saturated heterocycles. The van der Waals surface area contributed by atoms with Crippen LogP contribution >= 0.6 is 0 Å². The van der Waals surface area contributed by atoms with Crippen LogP contribution in [0, 0.1) is 5.82 Å². The van der Waals surface area contributed by atoms with Crippen molar-refractivity contribution < 1.29 is 13.2 Å². The quantitative estimate of drug-likeness (QED) is 0.770. The second-order valence-corrected chi connectivity index (χ2v) is 6.41. The number of nitrogens with zero attached hydrogens (tertiary/aromatic N) is 3. The van der Waals surface area contributed by atoms with Gasteiger partial charge in [0.15, 0.2) is 0 Å². The van der Waals surface area contributed by atoms with Crippen molar-refractivity contribution in [2.75, 3.05) is 19.6 Å². The van der Waals surface area contributed by atoms with E-state index < -0.39 is 6.55 Å². The molecule has 1 aromatic heterocycles. The lowest BCUT2D eigenvalue weighted by Gasteiger charge is -2.36. The first-order valence-electron chi connectivity index (χ1n) is 8.57. The summed E-state index contributed by atoms with van der Waals surface area (Å²) in [6.07, 6.45) is 0. The van der Waals surface area contributed by atoms with Crippen LogP contribution in [0.5, 0.6) is 0 Å². The molecule has 1 unspecified atom stereocenters. The molecule has 0 amide bonds. The van der Waals surface area contributed by atoms with Gasteiger partial charge in [-0.2, -0.15) is 8.78 Å². The Morgan fingerprint density at radius 3 is 2.81 bits per heavy atom. The fourth-order valence-corrected chi connectivity index (χ4v) is 3.58. The number of benzene rings is 2. The Bertz CT molecular complexity index is 909. The zero-order chi connectivity index (χ0) is 18.1. The van der Waals surface area contributed by atoms with Gasteiger partial charge in [0.05, 0.1) is 17.6 Å². The molecule has 1 aliphatic rings. The summed E-state index contributed by atoms with van der Waals surface area (Å²) in [7, 11) is 0. The van der Waals surface area contributed by atoms with E-state index in [4.69, 9.17) is 0 Å². The molecule has 0 saturated carbocycles. The maximum atomic E-state index is 13.7. The number of hydrogen-bond acceptors (Lipinski definition) is 3. The Morgan fingerprint density at radius 1 is 1.15 bits per heavy atom. The largest absolute Gasteiger partial charge is 0.320 e. The van der Waals surface area contributed by atoms with E-state index in [1.54, 1.807) is 30.3 Å². The zero-order valence-electron chi connectivity index (χ0n) is 14.1. The molecule has 0 aliphatic carbocycles. The monoisotopic (exact) mass is 360 g/mol. The summed E-state index contributed by atoms with van der Waals surface area (Å²) in [5.74, 6) is 0.0253. The van der Waals surface area contributed by atoms with Gasteiger partial charge in [0.1, 0.15) is 11.6 Å². The van der Waals surface area contributed by atoms with Crippen LogP contribution in [0.4, 0.5) is 13.2 Å². The molecule has 0 radical (unpaired) electrons. The maximum Gasteiger partial charge on any atom is 0.320 e. The number of para-hydroxylation sites is 2. The number of halogens is 3. The summed E-state index contributed by atoms with van der Waals surface area (Å²) in [5, 5.41) is 3.29. The summed E-state index contributed by atoms with van der Waals surface area (Å²) < 4.78 is 41.9. The lowest BCUT2D eigenvalue weighted by Crippen LogP contribution is -2.45. The Morgan fingerprint density at radius 2 is 2.00 bits per heavy atom. The molecule has 2 heterocycles. The third-order valence-corrected chi connectivity index (χ3v) is 4.80. The molecule has 26 heavy (non-hydrogen) atoms. The van der Waals surface area contributed by atoms with E-state index in [0.29, 0.717) is 29.9 Å². The predicted molar refractivity (Wildman–Crippen MR) is 93.4 cm³/mol. The van der Waals surface area contributed by atoms with E-state index >= 15 is 0 Å². The van der Waals surface area contributed by atoms with Crippen molar-refractivity contribution in [1.82, 2.24) is 19.8 Å². The van der Waals surface area contributed by atoms with Crippen LogP contribution in [0.2, 0.25) is 0 Å². The van der Waals surface area contributed by atoms with Gasteiger partial charge in [0.25, 0.3) is 0 Å². The molecule has 1 aliphatic heterocycles. The summed E-state index contributed by atoms with van der Waals surface area (Å²) in [6, 6.07) is 13.3. The predicted octanol–water partition coefficient (Wildman–Crippen LogP) is 3.72. The minimum Gasteiger partial charge on any atom is -0.314 e. The second-order valence-electron chi connectivity index (χ2n) is 6.41. The summed E-state index contributed by atoms with van der Waals surface area (Å²) in [5.41, 5.74) is 1.81. The van der Waals surface area contributed by atoms with E-state index in [1.165, 1.54) is 12.1 Å². The van der Waals surface area contributed by atoms with Crippen molar-refractivity contribution in [3.05, 3.63) is 65.7 Å². The number of rotatable bonds is 4. The highest BCUT2D eigenvalue weighted by atomic mass is 19.3. The van der Waals surface area contributed by atoms with Gasteiger partial charge in [0.2, 0.25) is 0 Å². The van der Waals surface area contributed by atoms with Crippen molar-refractivity contribution in [3.63, 3.8) is 0 Å². The minimum absolute atomic E-state index is 0.0922. The third kappa shape index (κ3) is 3.20. The molecule has 0 bridgehead atoms. The van der Waals surface area contributed by atoms with Gasteiger partial charge in [-0.15, -0.1) is 0 Å². The fraction of sp³-hybridized carbons (Fsp3) is 0.316. The SMILES string of the molecule is Fc1cccc(C2CNCCN2Cc2nc3ccccc3n2C(F)F)c1. The highest BCUT2D eigenvalue weighted by molar-refractivity contribution is 5.75. The molecular weight excluding hydrogens is 341 g/mol. The Labute approximate surface area is 149 Å². The Hall–Kier alpha value is -2.38. The number of nitrogens with one attached hydrogen (secondary N) is 1. The van der Waals surface area contributed by atoms with Crippen LogP contribution in [0.15, 0.2) is 48.5 Å². The molecule has 136 valence electrons. The van der Waals surface area contributed by atoms with Crippen molar-refractivity contribution in [2.24, 2.45) is 0 Å². The highest BCUT2D eigenvalue weighted by Crippen LogP contribution is 2.28. The van der Waals surface area contributed by atoms with Gasteiger partial charge in [-0.3, -0.25) is 9.47 Å². The van der Waals surface area contributed by atoms with Crippen LogP contribution in [-0.4, -0.2) is 34.1 Å². The van der Waals surface area contributed by atoms with Crippen LogP contribution in [0.3, 0.4) is 0 Å². The summed E-state index contributed by atoms with van der Waals surface area (Å²) in [4.78, 5) is 6.50. The first kappa shape index (κ1) is 17.1. The van der Waals surface area contributed by atoms with Crippen LogP contribution < -0.4 is 5.32 Å². The number of imidazole rings is 1. The topological polar surface area (TPSA) is 33.1 Å². The van der Waals surface area contributed by atoms with Gasteiger partial charge in [-0.25, -0.2) is 9.37 Å². The molecule has 3 aromatic rings. The molecular formula is C19H19F3N4. The van der Waals surface area contributed by atoms with Gasteiger partial charge in [-0.1, -0.05) is 24.3 Å². The molecule has 1 fully saturated rings. The van der Waals surface area contributed by atoms with Crippen LogP contribution in [-0.2, 0) is 6.54 Å². The average molecular weight is 360 g/mol. The minimum atomic E-state index is -2.66. The van der Waals surface area contributed by atoms with Crippen molar-refractivity contribution >= 4 is 11.0 Å². The molecule has 0 spiro atoms. The number of alkyl halides is 2.